The van der Waals surface area contributed by atoms with Crippen LogP contribution in [0, 0.1) is 5.82 Å². The van der Waals surface area contributed by atoms with Crippen molar-refractivity contribution in [3.8, 4) is 17.4 Å². The summed E-state index contributed by atoms with van der Waals surface area (Å²) in [5.74, 6) is 0.505. The number of hydrogen-bond donors (Lipinski definition) is 3. The summed E-state index contributed by atoms with van der Waals surface area (Å²) >= 11 is 0. The van der Waals surface area contributed by atoms with E-state index in [4.69, 9.17) is 9.47 Å². The van der Waals surface area contributed by atoms with E-state index >= 15 is 0 Å². The van der Waals surface area contributed by atoms with Crippen molar-refractivity contribution in [3.63, 3.8) is 0 Å². The van der Waals surface area contributed by atoms with Crippen molar-refractivity contribution in [2.24, 2.45) is 0 Å². The molecule has 4 rings (SSSR count). The molecule has 1 heterocycles. The Labute approximate surface area is 212 Å². The van der Waals surface area contributed by atoms with E-state index in [1.807, 2.05) is 0 Å². The molecule has 0 aliphatic heterocycles. The number of methoxy groups -OCH3 is 1. The maximum Gasteiger partial charge on any atom is 0.319 e. The zero-order valence-corrected chi connectivity index (χ0v) is 20.0. The molecule has 0 bridgehead atoms. The number of carbonyl (C=O) groups is 2. The molecule has 0 aliphatic rings. The average molecular weight is 502 g/mol. The number of aromatic nitrogens is 2. The number of hydrogen-bond acceptors (Lipinski definition) is 6. The summed E-state index contributed by atoms with van der Waals surface area (Å²) in [5.41, 5.74) is 2.48. The van der Waals surface area contributed by atoms with Crippen LogP contribution in [0.4, 0.5) is 20.6 Å². The number of urea groups is 1. The van der Waals surface area contributed by atoms with Crippen LogP contribution in [-0.4, -0.2) is 35.6 Å². The maximum atomic E-state index is 13.0. The van der Waals surface area contributed by atoms with Gasteiger partial charge in [0.15, 0.2) is 0 Å². The number of ether oxygens (including phenoxy) is 2. The van der Waals surface area contributed by atoms with Crippen LogP contribution < -0.4 is 25.4 Å². The van der Waals surface area contributed by atoms with Gasteiger partial charge in [0.05, 0.1) is 23.7 Å². The fourth-order valence-corrected chi connectivity index (χ4v) is 3.46. The highest BCUT2D eigenvalue weighted by molar-refractivity contribution is 6.02. The molecule has 0 spiro atoms. The van der Waals surface area contributed by atoms with E-state index in [9.17, 15) is 14.0 Å². The van der Waals surface area contributed by atoms with Crippen LogP contribution in [0.5, 0.6) is 17.4 Å². The van der Waals surface area contributed by atoms with Crippen molar-refractivity contribution in [2.45, 2.75) is 6.42 Å². The van der Waals surface area contributed by atoms with Crippen LogP contribution in [0.2, 0.25) is 0 Å². The highest BCUT2D eigenvalue weighted by Crippen LogP contribution is 2.34. The zero-order valence-electron chi connectivity index (χ0n) is 20.0. The molecule has 9 nitrogen and oxygen atoms in total. The molecule has 0 radical (unpaired) electrons. The summed E-state index contributed by atoms with van der Waals surface area (Å²) in [7, 11) is 1.49. The summed E-state index contributed by atoms with van der Waals surface area (Å²) in [6, 6.07) is 15.9. The van der Waals surface area contributed by atoms with Crippen molar-refractivity contribution in [1.82, 2.24) is 15.3 Å². The second-order valence-corrected chi connectivity index (χ2v) is 7.83. The number of anilines is 2. The monoisotopic (exact) mass is 501 g/mol. The predicted octanol–water partition coefficient (Wildman–Crippen LogP) is 5.06. The summed E-state index contributed by atoms with van der Waals surface area (Å²) in [6.45, 7) is 3.86. The van der Waals surface area contributed by atoms with E-state index in [2.05, 4.69) is 32.5 Å². The molecule has 4 aromatic rings. The van der Waals surface area contributed by atoms with E-state index < -0.39 is 0 Å². The van der Waals surface area contributed by atoms with E-state index in [0.29, 0.717) is 46.7 Å². The Bertz CT molecular complexity index is 1430. The molecule has 0 unspecified atom stereocenters. The quantitative estimate of drug-likeness (QED) is 0.276. The highest BCUT2D eigenvalue weighted by Gasteiger charge is 2.13. The summed E-state index contributed by atoms with van der Waals surface area (Å²) < 4.78 is 24.3. The molecular formula is C27H24FN5O4. The van der Waals surface area contributed by atoms with Gasteiger partial charge in [0, 0.05) is 18.3 Å². The van der Waals surface area contributed by atoms with E-state index in [1.54, 1.807) is 48.5 Å². The molecule has 0 saturated carbocycles. The Morgan fingerprint density at radius 3 is 2.49 bits per heavy atom. The fourth-order valence-electron chi connectivity index (χ4n) is 3.46. The third-order valence-corrected chi connectivity index (χ3v) is 5.30. The lowest BCUT2D eigenvalue weighted by Gasteiger charge is -2.13. The van der Waals surface area contributed by atoms with Gasteiger partial charge in [-0.3, -0.25) is 4.79 Å². The highest BCUT2D eigenvalue weighted by atomic mass is 19.1. The first-order valence-corrected chi connectivity index (χ1v) is 11.3. The minimum absolute atomic E-state index is 0.279. The minimum Gasteiger partial charge on any atom is -0.494 e. The standard InChI is InChI=1S/C27H24FN5O4/c1-3-25(34)33-23-14-21-22(15-24(23)36-2)30-16-31-26(21)37-20-10-8-19(9-11-20)32-27(35)29-13-12-17-4-6-18(28)7-5-17/h3-11,14-16H,1,12-13H2,2H3,(H,33,34)(H2,29,32,35). The average Bonchev–Trinajstić information content (AvgIpc) is 2.90. The molecule has 0 saturated heterocycles. The molecule has 3 N–H and O–H groups in total. The van der Waals surface area contributed by atoms with Crippen molar-refractivity contribution in [3.05, 3.63) is 91.0 Å². The van der Waals surface area contributed by atoms with E-state index in [0.717, 1.165) is 11.6 Å². The number of halogens is 1. The van der Waals surface area contributed by atoms with Gasteiger partial charge in [-0.25, -0.2) is 19.2 Å². The first kappa shape index (κ1) is 25.1. The van der Waals surface area contributed by atoms with Gasteiger partial charge in [0.2, 0.25) is 11.8 Å². The second-order valence-electron chi connectivity index (χ2n) is 7.83. The molecular weight excluding hydrogens is 477 g/mol. The normalized spacial score (nSPS) is 10.4. The lowest BCUT2D eigenvalue weighted by atomic mass is 10.1. The number of nitrogens with one attached hydrogen (secondary N) is 3. The van der Waals surface area contributed by atoms with Crippen molar-refractivity contribution < 1.29 is 23.5 Å². The van der Waals surface area contributed by atoms with Gasteiger partial charge in [0.25, 0.3) is 0 Å². The SMILES string of the molecule is C=CC(=O)Nc1cc2c(Oc3ccc(NC(=O)NCCc4ccc(F)cc4)cc3)ncnc2cc1OC. The smallest absolute Gasteiger partial charge is 0.319 e. The number of fused-ring (bicyclic) bond motifs is 1. The number of nitrogens with zero attached hydrogens (tertiary/aromatic N) is 2. The molecule has 3 aromatic carbocycles. The Balaban J connectivity index is 1.40. The van der Waals surface area contributed by atoms with Crippen LogP contribution in [-0.2, 0) is 11.2 Å². The summed E-state index contributed by atoms with van der Waals surface area (Å²) in [6.07, 6.45) is 3.10. The van der Waals surface area contributed by atoms with Crippen LogP contribution in [0.25, 0.3) is 10.9 Å². The Hall–Kier alpha value is -4.99. The van der Waals surface area contributed by atoms with Crippen LogP contribution in [0.1, 0.15) is 5.56 Å². The number of rotatable bonds is 9. The number of carbonyl (C=O) groups excluding carboxylic acids is 2. The van der Waals surface area contributed by atoms with E-state index in [-0.39, 0.29) is 23.6 Å². The fraction of sp³-hybridized carbons (Fsp3) is 0.111. The summed E-state index contributed by atoms with van der Waals surface area (Å²) in [4.78, 5) is 32.5. The first-order valence-electron chi connectivity index (χ1n) is 11.3. The molecule has 0 fully saturated rings. The Morgan fingerprint density at radius 2 is 1.78 bits per heavy atom. The van der Waals surface area contributed by atoms with Gasteiger partial charge in [0.1, 0.15) is 23.6 Å². The van der Waals surface area contributed by atoms with Crippen molar-refractivity contribution in [1.29, 1.82) is 0 Å². The van der Waals surface area contributed by atoms with Gasteiger partial charge in [-0.05, 0) is 60.5 Å². The predicted molar refractivity (Wildman–Crippen MR) is 139 cm³/mol. The first-order chi connectivity index (χ1) is 17.9. The van der Waals surface area contributed by atoms with Gasteiger partial charge < -0.3 is 25.4 Å². The van der Waals surface area contributed by atoms with Gasteiger partial charge in [-0.1, -0.05) is 18.7 Å². The van der Waals surface area contributed by atoms with Crippen LogP contribution in [0.15, 0.2) is 79.6 Å². The minimum atomic E-state index is -0.389. The third kappa shape index (κ3) is 6.57. The lowest BCUT2D eigenvalue weighted by Crippen LogP contribution is -2.30. The van der Waals surface area contributed by atoms with Gasteiger partial charge >= 0.3 is 6.03 Å². The van der Waals surface area contributed by atoms with E-state index in [1.165, 1.54) is 25.6 Å². The molecule has 0 aliphatic carbocycles. The van der Waals surface area contributed by atoms with Crippen LogP contribution in [0.3, 0.4) is 0 Å². The Morgan fingerprint density at radius 1 is 1.03 bits per heavy atom. The topological polar surface area (TPSA) is 114 Å². The Kier molecular flexibility index (Phi) is 7.89. The molecule has 3 amide bonds. The molecule has 0 atom stereocenters. The number of benzene rings is 3. The largest absolute Gasteiger partial charge is 0.494 e. The maximum absolute atomic E-state index is 13.0. The molecule has 37 heavy (non-hydrogen) atoms. The summed E-state index contributed by atoms with van der Waals surface area (Å²) in [5, 5.41) is 8.76. The third-order valence-electron chi connectivity index (χ3n) is 5.30. The molecule has 10 heteroatoms. The zero-order chi connectivity index (χ0) is 26.2. The van der Waals surface area contributed by atoms with Crippen LogP contribution >= 0.6 is 0 Å². The van der Waals surface area contributed by atoms with Crippen molar-refractivity contribution >= 4 is 34.2 Å². The second kappa shape index (κ2) is 11.6. The van der Waals surface area contributed by atoms with Gasteiger partial charge in [-0.15, -0.1) is 0 Å². The molecule has 188 valence electrons. The van der Waals surface area contributed by atoms with Crippen molar-refractivity contribution in [2.75, 3.05) is 24.3 Å². The van der Waals surface area contributed by atoms with Gasteiger partial charge in [-0.2, -0.15) is 0 Å². The number of amides is 3. The lowest BCUT2D eigenvalue weighted by molar-refractivity contribution is -0.111. The molecule has 1 aromatic heterocycles.